The molecule has 0 atom stereocenters. The van der Waals surface area contributed by atoms with Crippen molar-refractivity contribution in [2.75, 3.05) is 0 Å². The van der Waals surface area contributed by atoms with Gasteiger partial charge < -0.3 is 4.74 Å². The molecule has 5 heteroatoms. The standard InChI is InChI=1S/C44H46N4O/c1-9-10-16-32-21-22-45-41(23-32)47-39-18-12-11-17-37(39)38-20-19-35(27-40(38)47)49-36-25-33(44(6,7)8)24-34(26-36)48-31(5)43(30(4)46-48)42-28(2)14-13-15-29(42)3/h11-15,17-27H,9-10,16H2,1-8H3. The number of aromatic nitrogens is 4. The lowest BCUT2D eigenvalue weighted by Crippen LogP contribution is -2.12. The summed E-state index contributed by atoms with van der Waals surface area (Å²) in [4.78, 5) is 4.85. The SMILES string of the molecule is CCCCc1ccnc(-n2c3ccccc3c3ccc(Oc4cc(-n5nc(C)c(-c6c(C)cccc6C)c5C)cc(C(C)(C)C)c4)cc32)c1. The van der Waals surface area contributed by atoms with Gasteiger partial charge in [-0.3, -0.25) is 4.57 Å². The van der Waals surface area contributed by atoms with Gasteiger partial charge in [-0.25, -0.2) is 9.67 Å². The van der Waals surface area contributed by atoms with E-state index in [2.05, 4.69) is 156 Å². The molecule has 7 aromatic rings. The van der Waals surface area contributed by atoms with Crippen molar-refractivity contribution >= 4 is 21.8 Å². The van der Waals surface area contributed by atoms with Crippen molar-refractivity contribution in [3.8, 4) is 34.1 Å². The molecule has 248 valence electrons. The Balaban J connectivity index is 1.34. The molecule has 0 fully saturated rings. The van der Waals surface area contributed by atoms with Gasteiger partial charge in [0.2, 0.25) is 0 Å². The first kappa shape index (κ1) is 32.4. The van der Waals surface area contributed by atoms with Gasteiger partial charge in [0.05, 0.1) is 22.4 Å². The molecule has 4 aromatic carbocycles. The van der Waals surface area contributed by atoms with Crippen LogP contribution in [0.4, 0.5) is 0 Å². The number of unbranched alkanes of at least 4 members (excludes halogenated alkanes) is 1. The number of rotatable bonds is 8. The molecule has 0 N–H and O–H groups in total. The molecule has 3 aromatic heterocycles. The molecule has 5 nitrogen and oxygen atoms in total. The second-order valence-corrected chi connectivity index (χ2v) is 14.4. The Hall–Kier alpha value is -5.16. The van der Waals surface area contributed by atoms with Gasteiger partial charge in [0.1, 0.15) is 17.3 Å². The first-order valence-corrected chi connectivity index (χ1v) is 17.5. The normalized spacial score (nSPS) is 11.9. The number of fused-ring (bicyclic) bond motifs is 3. The quantitative estimate of drug-likeness (QED) is 0.165. The Morgan fingerprint density at radius 3 is 2.22 bits per heavy atom. The molecule has 0 aliphatic heterocycles. The van der Waals surface area contributed by atoms with Crippen molar-refractivity contribution < 1.29 is 4.74 Å². The number of pyridine rings is 1. The van der Waals surface area contributed by atoms with Crippen LogP contribution < -0.4 is 4.74 Å². The number of ether oxygens (including phenoxy) is 1. The van der Waals surface area contributed by atoms with Crippen molar-refractivity contribution in [3.05, 3.63) is 131 Å². The van der Waals surface area contributed by atoms with Crippen LogP contribution in [0.5, 0.6) is 11.5 Å². The van der Waals surface area contributed by atoms with Gasteiger partial charge >= 0.3 is 0 Å². The van der Waals surface area contributed by atoms with Crippen LogP contribution in [-0.4, -0.2) is 19.3 Å². The number of benzene rings is 4. The van der Waals surface area contributed by atoms with Crippen LogP contribution in [0.3, 0.4) is 0 Å². The van der Waals surface area contributed by atoms with E-state index in [9.17, 15) is 0 Å². The van der Waals surface area contributed by atoms with Crippen LogP contribution >= 0.6 is 0 Å². The Kier molecular flexibility index (Phi) is 8.40. The van der Waals surface area contributed by atoms with Gasteiger partial charge in [-0.15, -0.1) is 0 Å². The summed E-state index contributed by atoms with van der Waals surface area (Å²) in [6, 6.07) is 32.4. The summed E-state index contributed by atoms with van der Waals surface area (Å²) in [5.41, 5.74) is 12.7. The third-order valence-corrected chi connectivity index (χ3v) is 9.76. The van der Waals surface area contributed by atoms with E-state index >= 15 is 0 Å². The number of nitrogens with zero attached hydrogens (tertiary/aromatic N) is 4. The fourth-order valence-electron chi connectivity index (χ4n) is 7.18. The zero-order valence-corrected chi connectivity index (χ0v) is 30.1. The number of hydrogen-bond donors (Lipinski definition) is 0. The molecule has 0 aliphatic rings. The van der Waals surface area contributed by atoms with Crippen LogP contribution in [0.2, 0.25) is 0 Å². The number of para-hydroxylation sites is 1. The first-order chi connectivity index (χ1) is 23.5. The third-order valence-electron chi connectivity index (χ3n) is 9.76. The van der Waals surface area contributed by atoms with Crippen molar-refractivity contribution in [1.29, 1.82) is 0 Å². The highest BCUT2D eigenvalue weighted by atomic mass is 16.5. The molecule has 0 bridgehead atoms. The maximum atomic E-state index is 6.77. The molecular weight excluding hydrogens is 601 g/mol. The largest absolute Gasteiger partial charge is 0.457 e. The van der Waals surface area contributed by atoms with Gasteiger partial charge in [0.25, 0.3) is 0 Å². The lowest BCUT2D eigenvalue weighted by Gasteiger charge is -2.22. The molecule has 0 saturated carbocycles. The molecule has 0 unspecified atom stereocenters. The molecule has 0 amide bonds. The summed E-state index contributed by atoms with van der Waals surface area (Å²) in [5, 5.41) is 7.47. The Morgan fingerprint density at radius 2 is 1.47 bits per heavy atom. The Bertz CT molecular complexity index is 2310. The van der Waals surface area contributed by atoms with E-state index in [1.54, 1.807) is 0 Å². The van der Waals surface area contributed by atoms with Crippen LogP contribution in [0.1, 0.15) is 74.2 Å². The lowest BCUT2D eigenvalue weighted by molar-refractivity contribution is 0.478. The van der Waals surface area contributed by atoms with E-state index in [0.29, 0.717) is 0 Å². The minimum absolute atomic E-state index is 0.0928. The smallest absolute Gasteiger partial charge is 0.137 e. The maximum Gasteiger partial charge on any atom is 0.137 e. The lowest BCUT2D eigenvalue weighted by atomic mass is 9.86. The van der Waals surface area contributed by atoms with E-state index in [0.717, 1.165) is 58.3 Å². The van der Waals surface area contributed by atoms with Crippen molar-refractivity contribution in [1.82, 2.24) is 19.3 Å². The Morgan fingerprint density at radius 1 is 0.714 bits per heavy atom. The van der Waals surface area contributed by atoms with Crippen LogP contribution in [0.25, 0.3) is 44.4 Å². The third kappa shape index (κ3) is 6.03. The second kappa shape index (κ2) is 12.7. The summed E-state index contributed by atoms with van der Waals surface area (Å²) in [7, 11) is 0. The van der Waals surface area contributed by atoms with Crippen molar-refractivity contribution in [2.45, 2.75) is 80.1 Å². The van der Waals surface area contributed by atoms with Crippen LogP contribution in [0.15, 0.2) is 97.2 Å². The fraction of sp³-hybridized carbons (Fsp3) is 0.273. The molecule has 3 heterocycles. The minimum Gasteiger partial charge on any atom is -0.457 e. The summed E-state index contributed by atoms with van der Waals surface area (Å²) in [5.74, 6) is 2.49. The highest BCUT2D eigenvalue weighted by molar-refractivity contribution is 6.09. The van der Waals surface area contributed by atoms with Crippen molar-refractivity contribution in [2.24, 2.45) is 0 Å². The molecule has 49 heavy (non-hydrogen) atoms. The van der Waals surface area contributed by atoms with E-state index in [4.69, 9.17) is 14.8 Å². The molecule has 7 rings (SSSR count). The summed E-state index contributed by atoms with van der Waals surface area (Å²) in [6.07, 6.45) is 5.31. The Labute approximate surface area is 290 Å². The van der Waals surface area contributed by atoms with Gasteiger partial charge in [0, 0.05) is 40.4 Å². The van der Waals surface area contributed by atoms with Crippen LogP contribution in [0, 0.1) is 27.7 Å². The summed E-state index contributed by atoms with van der Waals surface area (Å²) >= 11 is 0. The molecule has 0 radical (unpaired) electrons. The van der Waals surface area contributed by atoms with E-state index in [-0.39, 0.29) is 5.41 Å². The fourth-order valence-corrected chi connectivity index (χ4v) is 7.18. The maximum absolute atomic E-state index is 6.77. The zero-order chi connectivity index (χ0) is 34.4. The van der Waals surface area contributed by atoms with Gasteiger partial charge in [-0.1, -0.05) is 70.5 Å². The predicted molar refractivity (Wildman–Crippen MR) is 204 cm³/mol. The average Bonchev–Trinajstić information content (AvgIpc) is 3.56. The van der Waals surface area contributed by atoms with E-state index in [1.165, 1.54) is 50.6 Å². The van der Waals surface area contributed by atoms with Crippen molar-refractivity contribution in [3.63, 3.8) is 0 Å². The van der Waals surface area contributed by atoms with Gasteiger partial charge in [-0.2, -0.15) is 5.10 Å². The molecule has 0 saturated heterocycles. The van der Waals surface area contributed by atoms with Crippen LogP contribution in [-0.2, 0) is 11.8 Å². The van der Waals surface area contributed by atoms with E-state index < -0.39 is 0 Å². The molecule has 0 aliphatic carbocycles. The zero-order valence-electron chi connectivity index (χ0n) is 30.1. The summed E-state index contributed by atoms with van der Waals surface area (Å²) in [6.45, 7) is 17.6. The number of aryl methyl sites for hydroxylation is 4. The predicted octanol–water partition coefficient (Wildman–Crippen LogP) is 11.7. The second-order valence-electron chi connectivity index (χ2n) is 14.4. The average molecular weight is 647 g/mol. The summed E-state index contributed by atoms with van der Waals surface area (Å²) < 4.78 is 11.1. The molecule has 0 spiro atoms. The van der Waals surface area contributed by atoms with Gasteiger partial charge in [-0.05, 0) is 116 Å². The molecular formula is C44H46N4O. The minimum atomic E-state index is -0.0928. The highest BCUT2D eigenvalue weighted by Gasteiger charge is 2.22. The van der Waals surface area contributed by atoms with Gasteiger partial charge in [0.15, 0.2) is 0 Å². The topological polar surface area (TPSA) is 44.9 Å². The van der Waals surface area contributed by atoms with E-state index in [1.807, 2.05) is 6.20 Å². The first-order valence-electron chi connectivity index (χ1n) is 17.5. The highest BCUT2D eigenvalue weighted by Crippen LogP contribution is 2.38. The number of hydrogen-bond acceptors (Lipinski definition) is 3. The monoisotopic (exact) mass is 646 g/mol.